The number of nitro groups is 1. The molecule has 1 atom stereocenters. The molecular formula is C16H14N4O5S. The molecule has 0 fully saturated rings. The molecule has 3 rings (SSSR count). The molecule has 2 aromatic rings. The number of nitro benzene ring substituents is 1. The lowest BCUT2D eigenvalue weighted by molar-refractivity contribution is -0.384. The normalized spacial score (nSPS) is 16.3. The van der Waals surface area contributed by atoms with E-state index in [0.29, 0.717) is 22.3 Å². The minimum atomic E-state index is -0.541. The van der Waals surface area contributed by atoms with Crippen molar-refractivity contribution in [1.29, 1.82) is 0 Å². The molecular weight excluding hydrogens is 360 g/mol. The van der Waals surface area contributed by atoms with Gasteiger partial charge in [0.05, 0.1) is 4.92 Å². The van der Waals surface area contributed by atoms with Gasteiger partial charge >= 0.3 is 0 Å². The second-order valence-electron chi connectivity index (χ2n) is 5.43. The van der Waals surface area contributed by atoms with Crippen LogP contribution in [0.4, 0.5) is 5.69 Å². The molecule has 0 bridgehead atoms. The second-order valence-corrected chi connectivity index (χ2v) is 6.50. The SMILES string of the molecule is CC(=O)NC1=NN(C(C)=O)[C@H](c2ccc(-c3ccc([N+](=O)[O-])cc3)o2)S1. The van der Waals surface area contributed by atoms with Crippen LogP contribution in [0.5, 0.6) is 0 Å². The van der Waals surface area contributed by atoms with E-state index in [4.69, 9.17) is 4.42 Å². The number of rotatable bonds is 3. The van der Waals surface area contributed by atoms with Gasteiger partial charge in [0.1, 0.15) is 11.5 Å². The van der Waals surface area contributed by atoms with Crippen molar-refractivity contribution < 1.29 is 18.9 Å². The topological polar surface area (TPSA) is 118 Å². The Morgan fingerprint density at radius 3 is 2.50 bits per heavy atom. The molecule has 26 heavy (non-hydrogen) atoms. The van der Waals surface area contributed by atoms with Crippen LogP contribution in [-0.2, 0) is 9.59 Å². The van der Waals surface area contributed by atoms with Crippen LogP contribution in [-0.4, -0.2) is 26.9 Å². The largest absolute Gasteiger partial charge is 0.458 e. The maximum Gasteiger partial charge on any atom is 0.269 e. The molecule has 10 heteroatoms. The Hall–Kier alpha value is -3.14. The fourth-order valence-electron chi connectivity index (χ4n) is 2.34. The number of carbonyl (C=O) groups is 2. The summed E-state index contributed by atoms with van der Waals surface area (Å²) in [5, 5.41) is 18.4. The highest BCUT2D eigenvalue weighted by Gasteiger charge is 2.34. The number of carbonyl (C=O) groups excluding carboxylic acids is 2. The van der Waals surface area contributed by atoms with Crippen LogP contribution in [0.15, 0.2) is 45.9 Å². The average Bonchev–Trinajstić information content (AvgIpc) is 3.21. The maximum absolute atomic E-state index is 11.8. The average molecular weight is 374 g/mol. The van der Waals surface area contributed by atoms with E-state index in [1.807, 2.05) is 0 Å². The van der Waals surface area contributed by atoms with E-state index >= 15 is 0 Å². The molecule has 0 spiro atoms. The third kappa shape index (κ3) is 3.59. The summed E-state index contributed by atoms with van der Waals surface area (Å²) in [7, 11) is 0. The Labute approximate surface area is 152 Å². The number of nitrogens with one attached hydrogen (secondary N) is 1. The number of furan rings is 1. The van der Waals surface area contributed by atoms with Gasteiger partial charge in [-0.25, -0.2) is 5.01 Å². The van der Waals surface area contributed by atoms with E-state index in [0.717, 1.165) is 0 Å². The van der Waals surface area contributed by atoms with Crippen molar-refractivity contribution in [3.05, 3.63) is 52.3 Å². The Bertz CT molecular complexity index is 906. The van der Waals surface area contributed by atoms with Crippen molar-refractivity contribution in [3.8, 4) is 11.3 Å². The fraction of sp³-hybridized carbons (Fsp3) is 0.188. The molecule has 9 nitrogen and oxygen atoms in total. The van der Waals surface area contributed by atoms with Crippen LogP contribution >= 0.6 is 11.8 Å². The first-order valence-electron chi connectivity index (χ1n) is 7.52. The molecule has 1 aliphatic heterocycles. The third-order valence-corrected chi connectivity index (χ3v) is 4.54. The number of hydrogen-bond acceptors (Lipinski definition) is 7. The van der Waals surface area contributed by atoms with E-state index in [1.165, 1.54) is 42.8 Å². The highest BCUT2D eigenvalue weighted by molar-refractivity contribution is 8.14. The first-order valence-corrected chi connectivity index (χ1v) is 8.40. The van der Waals surface area contributed by atoms with Crippen LogP contribution in [0.25, 0.3) is 11.3 Å². The minimum absolute atomic E-state index is 0.0111. The predicted octanol–water partition coefficient (Wildman–Crippen LogP) is 2.86. The summed E-state index contributed by atoms with van der Waals surface area (Å²) < 4.78 is 5.82. The zero-order valence-electron chi connectivity index (χ0n) is 13.8. The van der Waals surface area contributed by atoms with Crippen molar-refractivity contribution >= 4 is 34.4 Å². The molecule has 1 aliphatic rings. The molecule has 1 N–H and O–H groups in total. The smallest absolute Gasteiger partial charge is 0.269 e. The van der Waals surface area contributed by atoms with Crippen molar-refractivity contribution in [1.82, 2.24) is 10.3 Å². The number of hydrazone groups is 1. The van der Waals surface area contributed by atoms with Gasteiger partial charge in [-0.1, -0.05) is 11.8 Å². The van der Waals surface area contributed by atoms with Crippen LogP contribution in [0, 0.1) is 10.1 Å². The number of benzene rings is 1. The Morgan fingerprint density at radius 2 is 1.92 bits per heavy atom. The van der Waals surface area contributed by atoms with Gasteiger partial charge in [0.15, 0.2) is 10.5 Å². The molecule has 0 unspecified atom stereocenters. The quantitative estimate of drug-likeness (QED) is 0.652. The van der Waals surface area contributed by atoms with E-state index < -0.39 is 10.3 Å². The third-order valence-electron chi connectivity index (χ3n) is 3.48. The molecule has 134 valence electrons. The second kappa shape index (κ2) is 7.00. The number of amides is 2. The van der Waals surface area contributed by atoms with Crippen LogP contribution in [0.2, 0.25) is 0 Å². The van der Waals surface area contributed by atoms with Crippen LogP contribution in [0.3, 0.4) is 0 Å². The molecule has 0 saturated carbocycles. The lowest BCUT2D eigenvalue weighted by atomic mass is 10.1. The summed E-state index contributed by atoms with van der Waals surface area (Å²) in [5.41, 5.74) is 0.658. The summed E-state index contributed by atoms with van der Waals surface area (Å²) in [5.74, 6) is 0.400. The number of non-ortho nitro benzene ring substituents is 1. The molecule has 1 aromatic carbocycles. The lowest BCUT2D eigenvalue weighted by Crippen LogP contribution is -2.25. The van der Waals surface area contributed by atoms with Crippen LogP contribution < -0.4 is 5.32 Å². The van der Waals surface area contributed by atoms with E-state index in [9.17, 15) is 19.7 Å². The molecule has 0 aliphatic carbocycles. The Morgan fingerprint density at radius 1 is 1.23 bits per heavy atom. The van der Waals surface area contributed by atoms with Crippen molar-refractivity contribution in [2.75, 3.05) is 0 Å². The van der Waals surface area contributed by atoms with Crippen LogP contribution in [0.1, 0.15) is 25.0 Å². The molecule has 0 radical (unpaired) electrons. The van der Waals surface area contributed by atoms with E-state index in [-0.39, 0.29) is 17.5 Å². The van der Waals surface area contributed by atoms with Crippen molar-refractivity contribution in [3.63, 3.8) is 0 Å². The molecule has 0 saturated heterocycles. The summed E-state index contributed by atoms with van der Waals surface area (Å²) in [6.07, 6.45) is 0. The first kappa shape index (κ1) is 17.7. The highest BCUT2D eigenvalue weighted by Crippen LogP contribution is 2.40. The summed E-state index contributed by atoms with van der Waals surface area (Å²) in [6, 6.07) is 9.38. The molecule has 1 aromatic heterocycles. The van der Waals surface area contributed by atoms with Gasteiger partial charge in [-0.15, -0.1) is 5.10 Å². The lowest BCUT2D eigenvalue weighted by Gasteiger charge is -2.16. The van der Waals surface area contributed by atoms with Gasteiger partial charge in [0.2, 0.25) is 11.8 Å². The number of nitrogens with zero attached hydrogens (tertiary/aromatic N) is 3. The number of thioether (sulfide) groups is 1. The molecule has 2 heterocycles. The van der Waals surface area contributed by atoms with Gasteiger partial charge in [0.25, 0.3) is 5.69 Å². The van der Waals surface area contributed by atoms with Gasteiger partial charge in [-0.3, -0.25) is 19.7 Å². The standard InChI is InChI=1S/C16H14N4O5S/c1-9(21)17-16-18-19(10(2)22)15(26-16)14-8-7-13(25-14)11-3-5-12(6-4-11)20(23)24/h3-8,15H,1-2H3,(H,17,18,21)/t15-/m0/s1. The summed E-state index contributed by atoms with van der Waals surface area (Å²) in [4.78, 5) is 33.3. The van der Waals surface area contributed by atoms with Gasteiger partial charge < -0.3 is 9.73 Å². The van der Waals surface area contributed by atoms with Gasteiger partial charge in [0, 0.05) is 31.5 Å². The molecule has 2 amide bonds. The van der Waals surface area contributed by atoms with Gasteiger partial charge in [-0.2, -0.15) is 0 Å². The highest BCUT2D eigenvalue weighted by atomic mass is 32.2. The Balaban J connectivity index is 1.83. The van der Waals surface area contributed by atoms with E-state index in [1.54, 1.807) is 24.3 Å². The number of hydrogen-bond donors (Lipinski definition) is 1. The van der Waals surface area contributed by atoms with Crippen molar-refractivity contribution in [2.45, 2.75) is 19.2 Å². The van der Waals surface area contributed by atoms with Crippen molar-refractivity contribution in [2.24, 2.45) is 5.10 Å². The minimum Gasteiger partial charge on any atom is -0.458 e. The maximum atomic E-state index is 11.8. The Kier molecular flexibility index (Phi) is 4.76. The zero-order chi connectivity index (χ0) is 18.8. The zero-order valence-corrected chi connectivity index (χ0v) is 14.6. The monoisotopic (exact) mass is 374 g/mol. The van der Waals surface area contributed by atoms with E-state index in [2.05, 4.69) is 10.4 Å². The fourth-order valence-corrected chi connectivity index (χ4v) is 3.42. The summed E-state index contributed by atoms with van der Waals surface area (Å²) >= 11 is 1.18. The predicted molar refractivity (Wildman–Crippen MR) is 94.9 cm³/mol. The number of amidine groups is 1. The van der Waals surface area contributed by atoms with Gasteiger partial charge in [-0.05, 0) is 24.3 Å². The summed E-state index contributed by atoms with van der Waals surface area (Å²) in [6.45, 7) is 2.72. The first-order chi connectivity index (χ1) is 12.3.